The molecule has 0 bridgehead atoms. The summed E-state index contributed by atoms with van der Waals surface area (Å²) in [7, 11) is 1.17. The fourth-order valence-electron chi connectivity index (χ4n) is 3.43. The average molecular weight is 413 g/mol. The molecule has 1 saturated heterocycles. The Labute approximate surface area is 173 Å². The molecule has 4 N–H and O–H groups in total. The lowest BCUT2D eigenvalue weighted by molar-refractivity contribution is -0.385. The lowest BCUT2D eigenvalue weighted by atomic mass is 10.0. The van der Waals surface area contributed by atoms with Crippen LogP contribution in [0.2, 0.25) is 0 Å². The highest BCUT2D eigenvalue weighted by molar-refractivity contribution is 5.98. The predicted octanol–water partition coefficient (Wildman–Crippen LogP) is 1.63. The number of hydrogen-bond acceptors (Lipinski definition) is 8. The number of carbonyl (C=O) groups is 2. The van der Waals surface area contributed by atoms with Crippen LogP contribution in [0.3, 0.4) is 0 Å². The van der Waals surface area contributed by atoms with E-state index in [1.54, 1.807) is 12.1 Å². The van der Waals surface area contributed by atoms with Gasteiger partial charge in [-0.2, -0.15) is 0 Å². The van der Waals surface area contributed by atoms with Crippen molar-refractivity contribution in [1.82, 2.24) is 10.3 Å². The number of hydrogen-bond donors (Lipinski definition) is 3. The number of amides is 1. The summed E-state index contributed by atoms with van der Waals surface area (Å²) < 4.78 is 4.60. The van der Waals surface area contributed by atoms with Gasteiger partial charge in [0.15, 0.2) is 0 Å². The molecule has 2 aromatic rings. The number of benzene rings is 1. The van der Waals surface area contributed by atoms with Gasteiger partial charge in [0.05, 0.1) is 23.3 Å². The number of piperidine rings is 1. The summed E-state index contributed by atoms with van der Waals surface area (Å²) in [5.41, 5.74) is 7.14. The van der Waals surface area contributed by atoms with E-state index >= 15 is 0 Å². The van der Waals surface area contributed by atoms with Crippen LogP contribution in [0, 0.1) is 10.1 Å². The van der Waals surface area contributed by atoms with Gasteiger partial charge in [-0.1, -0.05) is 6.07 Å². The monoisotopic (exact) mass is 413 g/mol. The van der Waals surface area contributed by atoms with Crippen LogP contribution in [0.4, 0.5) is 11.4 Å². The maximum Gasteiger partial charge on any atom is 0.344 e. The van der Waals surface area contributed by atoms with Crippen LogP contribution >= 0.6 is 0 Å². The van der Waals surface area contributed by atoms with Gasteiger partial charge in [-0.15, -0.1) is 0 Å². The smallest absolute Gasteiger partial charge is 0.344 e. The van der Waals surface area contributed by atoms with E-state index in [4.69, 9.17) is 5.73 Å². The highest BCUT2D eigenvalue weighted by Gasteiger charge is 2.22. The zero-order valence-corrected chi connectivity index (χ0v) is 16.5. The summed E-state index contributed by atoms with van der Waals surface area (Å²) in [4.78, 5) is 38.6. The molecule has 1 aromatic heterocycles. The third-order valence-corrected chi connectivity index (χ3v) is 4.97. The number of methoxy groups -OCH3 is 1. The van der Waals surface area contributed by atoms with Crippen molar-refractivity contribution in [3.63, 3.8) is 0 Å². The Morgan fingerprint density at radius 3 is 2.67 bits per heavy atom. The summed E-state index contributed by atoms with van der Waals surface area (Å²) in [6.45, 7) is 1.77. The quantitative estimate of drug-likeness (QED) is 0.352. The molecular weight excluding hydrogens is 390 g/mol. The van der Waals surface area contributed by atoms with Gasteiger partial charge in [0.2, 0.25) is 0 Å². The molecule has 0 spiro atoms. The van der Waals surface area contributed by atoms with Crippen molar-refractivity contribution >= 4 is 23.3 Å². The van der Waals surface area contributed by atoms with E-state index in [0.717, 1.165) is 25.9 Å². The third kappa shape index (κ3) is 4.90. The fourth-order valence-corrected chi connectivity index (χ4v) is 3.43. The standard InChI is InChI=1S/C20H23N5O5/c1-30-20(27)15-3-2-12(9-18(15)25(28)29)8-14-10-17(16(11-23-14)19(21)26)24-13-4-6-22-7-5-13/h2-3,9-11,13,22H,4-8H2,1H3,(H2,21,26)(H,23,24). The molecule has 1 fully saturated rings. The molecule has 0 radical (unpaired) electrons. The fraction of sp³-hybridized carbons (Fsp3) is 0.350. The van der Waals surface area contributed by atoms with E-state index in [-0.39, 0.29) is 23.7 Å². The Kier molecular flexibility index (Phi) is 6.58. The number of nitrogens with one attached hydrogen (secondary N) is 2. The van der Waals surface area contributed by atoms with Crippen molar-refractivity contribution in [2.24, 2.45) is 5.73 Å². The van der Waals surface area contributed by atoms with Gasteiger partial charge in [0.25, 0.3) is 11.6 Å². The Morgan fingerprint density at radius 2 is 2.03 bits per heavy atom. The number of rotatable bonds is 7. The molecule has 0 saturated carbocycles. The van der Waals surface area contributed by atoms with Gasteiger partial charge in [-0.25, -0.2) is 4.79 Å². The summed E-state index contributed by atoms with van der Waals surface area (Å²) in [6, 6.07) is 6.26. The van der Waals surface area contributed by atoms with Crippen LogP contribution in [0.25, 0.3) is 0 Å². The zero-order chi connectivity index (χ0) is 21.7. The van der Waals surface area contributed by atoms with Crippen molar-refractivity contribution < 1.29 is 19.2 Å². The Hall–Kier alpha value is -3.53. The molecule has 158 valence electrons. The molecule has 0 unspecified atom stereocenters. The molecule has 0 aliphatic carbocycles. The number of aromatic nitrogens is 1. The predicted molar refractivity (Wildman–Crippen MR) is 110 cm³/mol. The minimum atomic E-state index is -0.773. The maximum absolute atomic E-state index is 11.8. The number of nitrogens with two attached hydrogens (primary N) is 1. The third-order valence-electron chi connectivity index (χ3n) is 4.97. The number of anilines is 1. The van der Waals surface area contributed by atoms with Crippen LogP contribution in [-0.4, -0.2) is 48.0 Å². The molecule has 10 heteroatoms. The van der Waals surface area contributed by atoms with E-state index in [9.17, 15) is 19.7 Å². The van der Waals surface area contributed by atoms with Crippen molar-refractivity contribution in [2.45, 2.75) is 25.3 Å². The Balaban J connectivity index is 1.88. The van der Waals surface area contributed by atoms with Crippen molar-refractivity contribution in [3.05, 3.63) is 63.0 Å². The van der Waals surface area contributed by atoms with Gasteiger partial charge in [-0.3, -0.25) is 19.9 Å². The van der Waals surface area contributed by atoms with Crippen molar-refractivity contribution in [3.8, 4) is 0 Å². The first-order valence-corrected chi connectivity index (χ1v) is 9.50. The lowest BCUT2D eigenvalue weighted by Gasteiger charge is -2.25. The van der Waals surface area contributed by atoms with Crippen LogP contribution < -0.4 is 16.4 Å². The molecule has 1 amide bonds. The van der Waals surface area contributed by atoms with E-state index in [0.29, 0.717) is 22.5 Å². The first-order chi connectivity index (χ1) is 14.4. The summed E-state index contributed by atoms with van der Waals surface area (Å²) >= 11 is 0. The molecule has 10 nitrogen and oxygen atoms in total. The second kappa shape index (κ2) is 9.31. The van der Waals surface area contributed by atoms with Gasteiger partial charge >= 0.3 is 5.97 Å². The van der Waals surface area contributed by atoms with E-state index in [1.165, 1.54) is 25.4 Å². The first kappa shape index (κ1) is 21.2. The van der Waals surface area contributed by atoms with Gasteiger partial charge in [0, 0.05) is 30.4 Å². The van der Waals surface area contributed by atoms with Crippen LogP contribution in [-0.2, 0) is 11.2 Å². The summed E-state index contributed by atoms with van der Waals surface area (Å²) in [6.07, 6.45) is 3.52. The molecule has 30 heavy (non-hydrogen) atoms. The molecule has 2 heterocycles. The van der Waals surface area contributed by atoms with Crippen LogP contribution in [0.15, 0.2) is 30.5 Å². The zero-order valence-electron chi connectivity index (χ0n) is 16.5. The molecule has 3 rings (SSSR count). The number of pyridine rings is 1. The second-order valence-corrected chi connectivity index (χ2v) is 7.03. The molecule has 1 aliphatic heterocycles. The Morgan fingerprint density at radius 1 is 1.30 bits per heavy atom. The number of nitro groups is 1. The SMILES string of the molecule is COC(=O)c1ccc(Cc2cc(NC3CCNCC3)c(C(N)=O)cn2)cc1[N+](=O)[O-]. The molecule has 0 atom stereocenters. The first-order valence-electron chi connectivity index (χ1n) is 9.50. The molecule has 1 aliphatic rings. The Bertz CT molecular complexity index is 972. The lowest BCUT2D eigenvalue weighted by Crippen LogP contribution is -2.35. The van der Waals surface area contributed by atoms with Crippen LogP contribution in [0.5, 0.6) is 0 Å². The van der Waals surface area contributed by atoms with Gasteiger partial charge < -0.3 is 21.1 Å². The highest BCUT2D eigenvalue weighted by atomic mass is 16.6. The molecular formula is C20H23N5O5. The number of carbonyl (C=O) groups excluding carboxylic acids is 2. The minimum Gasteiger partial charge on any atom is -0.465 e. The number of primary amides is 1. The number of esters is 1. The minimum absolute atomic E-state index is 0.114. The maximum atomic E-state index is 11.8. The van der Waals surface area contributed by atoms with Crippen molar-refractivity contribution in [2.75, 3.05) is 25.5 Å². The number of nitrogens with zero attached hydrogens (tertiary/aromatic N) is 2. The summed E-state index contributed by atoms with van der Waals surface area (Å²) in [5.74, 6) is -1.35. The summed E-state index contributed by atoms with van der Waals surface area (Å²) in [5, 5.41) is 18.0. The van der Waals surface area contributed by atoms with E-state index < -0.39 is 16.8 Å². The van der Waals surface area contributed by atoms with Crippen LogP contribution in [0.1, 0.15) is 44.8 Å². The van der Waals surface area contributed by atoms with E-state index in [1.807, 2.05) is 0 Å². The number of ether oxygens (including phenoxy) is 1. The average Bonchev–Trinajstić information content (AvgIpc) is 2.74. The second-order valence-electron chi connectivity index (χ2n) is 7.03. The topological polar surface area (TPSA) is 149 Å². The largest absolute Gasteiger partial charge is 0.465 e. The normalized spacial score (nSPS) is 14.2. The van der Waals surface area contributed by atoms with E-state index in [2.05, 4.69) is 20.4 Å². The number of nitro benzene ring substituents is 1. The highest BCUT2D eigenvalue weighted by Crippen LogP contribution is 2.24. The van der Waals surface area contributed by atoms with Crippen molar-refractivity contribution in [1.29, 1.82) is 0 Å². The molecule has 1 aromatic carbocycles. The van der Waals surface area contributed by atoms with Gasteiger partial charge in [0.1, 0.15) is 5.56 Å². The van der Waals surface area contributed by atoms with Gasteiger partial charge in [-0.05, 0) is 43.6 Å².